The van der Waals surface area contributed by atoms with E-state index in [1.165, 1.54) is 12.8 Å². The number of rotatable bonds is 6. The van der Waals surface area contributed by atoms with Crippen LogP contribution in [-0.4, -0.2) is 25.2 Å². The van der Waals surface area contributed by atoms with Crippen LogP contribution in [0.4, 0.5) is 11.5 Å². The summed E-state index contributed by atoms with van der Waals surface area (Å²) in [7, 11) is 1.76. The van der Waals surface area contributed by atoms with Gasteiger partial charge in [0.1, 0.15) is 5.82 Å². The maximum absolute atomic E-state index is 5.86. The van der Waals surface area contributed by atoms with Gasteiger partial charge in [-0.05, 0) is 37.2 Å². The largest absolute Gasteiger partial charge is 0.398 e. The summed E-state index contributed by atoms with van der Waals surface area (Å²) in [6.45, 7) is 3.77. The van der Waals surface area contributed by atoms with Crippen molar-refractivity contribution < 1.29 is 4.74 Å². The zero-order valence-electron chi connectivity index (χ0n) is 10.6. The highest BCUT2D eigenvalue weighted by Gasteiger charge is 2.41. The van der Waals surface area contributed by atoms with Crippen LogP contribution in [0.1, 0.15) is 24.8 Å². The van der Waals surface area contributed by atoms with Gasteiger partial charge in [0.25, 0.3) is 0 Å². The van der Waals surface area contributed by atoms with Crippen LogP contribution in [0.5, 0.6) is 0 Å². The molecule has 4 heteroatoms. The zero-order chi connectivity index (χ0) is 12.3. The summed E-state index contributed by atoms with van der Waals surface area (Å²) in [6.07, 6.45) is 5.50. The first kappa shape index (κ1) is 12.2. The fourth-order valence-electron chi connectivity index (χ4n) is 1.92. The molecule has 4 nitrogen and oxygen atoms in total. The molecule has 1 aromatic rings. The summed E-state index contributed by atoms with van der Waals surface area (Å²) in [5.41, 5.74) is 8.10. The standard InChI is InChI=1S/C13H21N3O/c1-10-8-15-12(7-11(10)14)16-9-13(3-4-13)5-6-17-2/h7-8H,3-6,9H2,1-2H3,(H3,14,15,16). The highest BCUT2D eigenvalue weighted by atomic mass is 16.5. The second-order valence-corrected chi connectivity index (χ2v) is 5.02. The number of hydrogen-bond donors (Lipinski definition) is 2. The molecule has 1 heterocycles. The predicted octanol–water partition coefficient (Wildman–Crippen LogP) is 2.20. The Morgan fingerprint density at radius 1 is 1.53 bits per heavy atom. The van der Waals surface area contributed by atoms with Crippen LogP contribution in [0.2, 0.25) is 0 Å². The molecule has 0 atom stereocenters. The minimum atomic E-state index is 0.428. The lowest BCUT2D eigenvalue weighted by atomic mass is 10.0. The molecule has 0 amide bonds. The van der Waals surface area contributed by atoms with Crippen molar-refractivity contribution in [1.29, 1.82) is 0 Å². The van der Waals surface area contributed by atoms with E-state index in [-0.39, 0.29) is 0 Å². The first-order valence-electron chi connectivity index (χ1n) is 6.10. The van der Waals surface area contributed by atoms with Gasteiger partial charge in [-0.2, -0.15) is 0 Å². The van der Waals surface area contributed by atoms with Crippen LogP contribution in [0.15, 0.2) is 12.3 Å². The van der Waals surface area contributed by atoms with Gasteiger partial charge in [0.2, 0.25) is 0 Å². The highest BCUT2D eigenvalue weighted by molar-refractivity contribution is 5.53. The summed E-state index contributed by atoms with van der Waals surface area (Å²) in [5, 5.41) is 3.38. The summed E-state index contributed by atoms with van der Waals surface area (Å²) in [4.78, 5) is 4.33. The number of nitrogens with one attached hydrogen (secondary N) is 1. The van der Waals surface area contributed by atoms with Crippen molar-refractivity contribution >= 4 is 11.5 Å². The van der Waals surface area contributed by atoms with Gasteiger partial charge in [-0.3, -0.25) is 0 Å². The first-order valence-corrected chi connectivity index (χ1v) is 6.10. The lowest BCUT2D eigenvalue weighted by Gasteiger charge is -2.16. The Morgan fingerprint density at radius 3 is 2.88 bits per heavy atom. The van der Waals surface area contributed by atoms with Crippen molar-refractivity contribution in [3.8, 4) is 0 Å². The topological polar surface area (TPSA) is 60.2 Å². The van der Waals surface area contributed by atoms with Gasteiger partial charge in [0, 0.05) is 38.2 Å². The Morgan fingerprint density at radius 2 is 2.29 bits per heavy atom. The van der Waals surface area contributed by atoms with Gasteiger partial charge in [0.15, 0.2) is 0 Å². The molecule has 3 N–H and O–H groups in total. The molecule has 0 aliphatic heterocycles. The Balaban J connectivity index is 1.87. The van der Waals surface area contributed by atoms with Gasteiger partial charge in [-0.25, -0.2) is 4.98 Å². The van der Waals surface area contributed by atoms with Crippen LogP contribution >= 0.6 is 0 Å². The fourth-order valence-corrected chi connectivity index (χ4v) is 1.92. The molecule has 0 aromatic carbocycles. The van der Waals surface area contributed by atoms with Crippen molar-refractivity contribution in [2.45, 2.75) is 26.2 Å². The molecule has 1 aliphatic rings. The van der Waals surface area contributed by atoms with E-state index < -0.39 is 0 Å². The molecule has 17 heavy (non-hydrogen) atoms. The number of nitrogens with zero attached hydrogens (tertiary/aromatic N) is 1. The first-order chi connectivity index (χ1) is 8.15. The predicted molar refractivity (Wildman–Crippen MR) is 70.0 cm³/mol. The Labute approximate surface area is 103 Å². The normalized spacial score (nSPS) is 16.8. The molecule has 0 saturated heterocycles. The average molecular weight is 235 g/mol. The zero-order valence-corrected chi connectivity index (χ0v) is 10.6. The number of aryl methyl sites for hydroxylation is 1. The minimum Gasteiger partial charge on any atom is -0.398 e. The summed E-state index contributed by atoms with van der Waals surface area (Å²) < 4.78 is 5.14. The lowest BCUT2D eigenvalue weighted by molar-refractivity contribution is 0.175. The Hall–Kier alpha value is -1.29. The number of nitrogens with two attached hydrogens (primary N) is 1. The van der Waals surface area contributed by atoms with Gasteiger partial charge in [-0.1, -0.05) is 0 Å². The lowest BCUT2D eigenvalue weighted by Crippen LogP contribution is -2.18. The van der Waals surface area contributed by atoms with Gasteiger partial charge >= 0.3 is 0 Å². The second kappa shape index (κ2) is 4.92. The van der Waals surface area contributed by atoms with Crippen LogP contribution in [0, 0.1) is 12.3 Å². The van der Waals surface area contributed by atoms with Crippen molar-refractivity contribution in [1.82, 2.24) is 4.98 Å². The summed E-state index contributed by atoms with van der Waals surface area (Å²) in [5.74, 6) is 0.872. The van der Waals surface area contributed by atoms with Crippen molar-refractivity contribution in [3.05, 3.63) is 17.8 Å². The molecule has 1 saturated carbocycles. The van der Waals surface area contributed by atoms with E-state index in [1.807, 2.05) is 19.2 Å². The van der Waals surface area contributed by atoms with Crippen LogP contribution in [0.3, 0.4) is 0 Å². The number of anilines is 2. The molecule has 0 unspecified atom stereocenters. The SMILES string of the molecule is COCCC1(CNc2cc(N)c(C)cn2)CC1. The number of methoxy groups -OCH3 is 1. The van der Waals surface area contributed by atoms with Crippen LogP contribution in [0.25, 0.3) is 0 Å². The van der Waals surface area contributed by atoms with E-state index in [4.69, 9.17) is 10.5 Å². The third-order valence-corrected chi connectivity index (χ3v) is 3.58. The van der Waals surface area contributed by atoms with Crippen molar-refractivity contribution in [2.24, 2.45) is 5.41 Å². The molecule has 1 aliphatic carbocycles. The molecule has 94 valence electrons. The van der Waals surface area contributed by atoms with Gasteiger partial charge in [-0.15, -0.1) is 0 Å². The summed E-state index contributed by atoms with van der Waals surface area (Å²) >= 11 is 0. The smallest absolute Gasteiger partial charge is 0.127 e. The van der Waals surface area contributed by atoms with E-state index in [0.717, 1.165) is 36.6 Å². The van der Waals surface area contributed by atoms with Gasteiger partial charge in [0.05, 0.1) is 0 Å². The van der Waals surface area contributed by atoms with E-state index in [1.54, 1.807) is 7.11 Å². The number of pyridine rings is 1. The van der Waals surface area contributed by atoms with Crippen molar-refractivity contribution in [2.75, 3.05) is 31.3 Å². The molecule has 1 fully saturated rings. The third-order valence-electron chi connectivity index (χ3n) is 3.58. The number of hydrogen-bond acceptors (Lipinski definition) is 4. The Kier molecular flexibility index (Phi) is 3.52. The maximum atomic E-state index is 5.86. The molecule has 1 aromatic heterocycles. The Bertz CT molecular complexity index is 388. The van der Waals surface area contributed by atoms with Gasteiger partial charge < -0.3 is 15.8 Å². The molecule has 2 rings (SSSR count). The van der Waals surface area contributed by atoms with Crippen molar-refractivity contribution in [3.63, 3.8) is 0 Å². The monoisotopic (exact) mass is 235 g/mol. The summed E-state index contributed by atoms with van der Waals surface area (Å²) in [6, 6.07) is 1.90. The number of aromatic nitrogens is 1. The van der Waals surface area contributed by atoms with Crippen LogP contribution < -0.4 is 11.1 Å². The van der Waals surface area contributed by atoms with E-state index >= 15 is 0 Å². The minimum absolute atomic E-state index is 0.428. The maximum Gasteiger partial charge on any atom is 0.127 e. The second-order valence-electron chi connectivity index (χ2n) is 5.02. The highest BCUT2D eigenvalue weighted by Crippen LogP contribution is 2.48. The molecule has 0 radical (unpaired) electrons. The van der Waals surface area contributed by atoms with E-state index in [2.05, 4.69) is 10.3 Å². The third kappa shape index (κ3) is 3.09. The number of ether oxygens (including phenoxy) is 1. The van der Waals surface area contributed by atoms with E-state index in [0.29, 0.717) is 5.41 Å². The molecular weight excluding hydrogens is 214 g/mol. The van der Waals surface area contributed by atoms with E-state index in [9.17, 15) is 0 Å². The quantitative estimate of drug-likeness (QED) is 0.793. The molecule has 0 bridgehead atoms. The molecule has 0 spiro atoms. The molecular formula is C13H21N3O. The fraction of sp³-hybridized carbons (Fsp3) is 0.615. The van der Waals surface area contributed by atoms with Crippen LogP contribution in [-0.2, 0) is 4.74 Å². The number of nitrogen functional groups attached to an aromatic ring is 1. The average Bonchev–Trinajstić information content (AvgIpc) is 3.09.